The number of hydrogen-bond acceptors (Lipinski definition) is 6. The van der Waals surface area contributed by atoms with E-state index in [4.69, 9.17) is 0 Å². The number of pyridine rings is 1. The van der Waals surface area contributed by atoms with Gasteiger partial charge in [-0.1, -0.05) is 64.5 Å². The Labute approximate surface area is 237 Å². The number of aromatic nitrogens is 1. The average molecular weight is 572 g/mol. The maximum atomic E-state index is 12.9. The van der Waals surface area contributed by atoms with Crippen LogP contribution in [-0.4, -0.2) is 42.8 Å². The fourth-order valence-electron chi connectivity index (χ4n) is 5.16. The van der Waals surface area contributed by atoms with Crippen LogP contribution in [0.4, 0.5) is 0 Å². The van der Waals surface area contributed by atoms with Crippen LogP contribution in [0.3, 0.4) is 0 Å². The number of nitrogens with zero attached hydrogens (tertiary/aromatic N) is 1. The van der Waals surface area contributed by atoms with Crippen molar-refractivity contribution >= 4 is 27.8 Å². The summed E-state index contributed by atoms with van der Waals surface area (Å²) in [4.78, 5) is 40.5. The third-order valence-corrected chi connectivity index (χ3v) is 8.79. The Hall–Kier alpha value is -3.27. The topological polar surface area (TPSA) is 143 Å². The number of hydrogen-bond donors (Lipinski definition) is 3. The number of nitrogens with one attached hydrogen (secondary N) is 2. The van der Waals surface area contributed by atoms with Gasteiger partial charge in [-0.25, -0.2) is 22.9 Å². The van der Waals surface area contributed by atoms with E-state index in [0.29, 0.717) is 37.3 Å². The van der Waals surface area contributed by atoms with E-state index in [0.717, 1.165) is 43.9 Å². The highest BCUT2D eigenvalue weighted by Crippen LogP contribution is 2.26. The Bertz CT molecular complexity index is 1270. The highest BCUT2D eigenvalue weighted by molar-refractivity contribution is 7.90. The van der Waals surface area contributed by atoms with E-state index >= 15 is 0 Å². The Morgan fingerprint density at radius 2 is 1.80 bits per heavy atom. The second-order valence-corrected chi connectivity index (χ2v) is 12.6. The molecule has 1 fully saturated rings. The molecule has 1 atom stereocenters. The average Bonchev–Trinajstić information content (AvgIpc) is 2.92. The lowest BCUT2D eigenvalue weighted by molar-refractivity contribution is -0.122. The van der Waals surface area contributed by atoms with Crippen LogP contribution in [-0.2, 0) is 27.7 Å². The van der Waals surface area contributed by atoms with Crippen molar-refractivity contribution in [2.75, 3.05) is 6.54 Å². The number of carboxylic acid groups (broad SMARTS) is 1. The van der Waals surface area contributed by atoms with Gasteiger partial charge < -0.3 is 10.4 Å². The van der Waals surface area contributed by atoms with Gasteiger partial charge in [0.1, 0.15) is 0 Å². The number of rotatable bonds is 14. The first-order valence-electron chi connectivity index (χ1n) is 14.2. The van der Waals surface area contributed by atoms with E-state index in [-0.39, 0.29) is 28.0 Å². The lowest BCUT2D eigenvalue weighted by Gasteiger charge is -2.20. The molecular formula is C30H41N3O6S. The van der Waals surface area contributed by atoms with Gasteiger partial charge in [0.15, 0.2) is 5.69 Å². The molecule has 10 heteroatoms. The summed E-state index contributed by atoms with van der Waals surface area (Å²) in [6.45, 7) is 4.55. The minimum absolute atomic E-state index is 0.0214. The maximum absolute atomic E-state index is 12.9. The zero-order chi connectivity index (χ0) is 29.1. The number of sulfonamides is 1. The normalized spacial score (nSPS) is 14.8. The molecular weight excluding hydrogens is 530 g/mol. The summed E-state index contributed by atoms with van der Waals surface area (Å²) in [5.41, 5.74) is 1.10. The number of amides is 2. The predicted octanol–water partition coefficient (Wildman–Crippen LogP) is 4.90. The highest BCUT2D eigenvalue weighted by atomic mass is 32.2. The van der Waals surface area contributed by atoms with Gasteiger partial charge in [-0.15, -0.1) is 0 Å². The van der Waals surface area contributed by atoms with Crippen LogP contribution >= 0.6 is 0 Å². The molecule has 218 valence electrons. The molecule has 0 bridgehead atoms. The summed E-state index contributed by atoms with van der Waals surface area (Å²) >= 11 is 0. The van der Waals surface area contributed by atoms with Crippen LogP contribution in [0.2, 0.25) is 0 Å². The van der Waals surface area contributed by atoms with E-state index < -0.39 is 21.9 Å². The third-order valence-electron chi connectivity index (χ3n) is 7.45. The third kappa shape index (κ3) is 9.43. The highest BCUT2D eigenvalue weighted by Gasteiger charge is 2.22. The van der Waals surface area contributed by atoms with E-state index in [1.807, 2.05) is 6.92 Å². The van der Waals surface area contributed by atoms with Crippen molar-refractivity contribution in [3.05, 3.63) is 58.9 Å². The summed E-state index contributed by atoms with van der Waals surface area (Å²) in [5, 5.41) is 12.5. The molecule has 1 saturated carbocycles. The smallest absolute Gasteiger partial charge is 0.354 e. The maximum Gasteiger partial charge on any atom is 0.354 e. The van der Waals surface area contributed by atoms with Gasteiger partial charge in [0.25, 0.3) is 15.9 Å². The predicted molar refractivity (Wildman–Crippen MR) is 153 cm³/mol. The minimum Gasteiger partial charge on any atom is -0.477 e. The van der Waals surface area contributed by atoms with E-state index in [2.05, 4.69) is 21.9 Å². The summed E-state index contributed by atoms with van der Waals surface area (Å²) in [6, 6.07) is 7.56. The Morgan fingerprint density at radius 1 is 1.10 bits per heavy atom. The number of unbranched alkanes of at least 4 members (excludes halogenated alkanes) is 1. The Balaban J connectivity index is 1.58. The Morgan fingerprint density at radius 3 is 2.45 bits per heavy atom. The molecule has 1 aromatic heterocycles. The molecule has 2 aromatic rings. The molecule has 3 N–H and O–H groups in total. The Kier molecular flexibility index (Phi) is 11.7. The van der Waals surface area contributed by atoms with Crippen molar-refractivity contribution in [1.29, 1.82) is 0 Å². The first-order valence-corrected chi connectivity index (χ1v) is 15.7. The molecule has 9 nitrogen and oxygen atoms in total. The van der Waals surface area contributed by atoms with Crippen LogP contribution in [0.1, 0.15) is 104 Å². The van der Waals surface area contributed by atoms with Crippen molar-refractivity contribution in [2.24, 2.45) is 11.8 Å². The summed E-state index contributed by atoms with van der Waals surface area (Å²) in [7, 11) is -4.16. The standard InChI is InChI=1S/C30H41N3O6S/c1-3-4-8-21(2)17-24-19-25(20-32-28(24)30(36)37)29(35)33-40(38,39)26-13-11-22(12-14-26)15-16-31-27(34)18-23-9-6-5-7-10-23/h11-14,19-21,23H,3-10,15-18H2,1-2H3,(H,31,34)(H,33,35)(H,36,37). The molecule has 1 aliphatic rings. The molecule has 0 aliphatic heterocycles. The molecule has 1 aromatic carbocycles. The van der Waals surface area contributed by atoms with Gasteiger partial charge in [0.2, 0.25) is 5.91 Å². The van der Waals surface area contributed by atoms with Crippen LogP contribution < -0.4 is 10.0 Å². The number of carboxylic acids is 1. The first kappa shape index (κ1) is 31.3. The summed E-state index contributed by atoms with van der Waals surface area (Å²) in [6.07, 6.45) is 11.4. The van der Waals surface area contributed by atoms with Gasteiger partial charge in [-0.3, -0.25) is 9.59 Å². The van der Waals surface area contributed by atoms with Crippen LogP contribution in [0.15, 0.2) is 41.4 Å². The SMILES string of the molecule is CCCCC(C)Cc1cc(C(=O)NS(=O)(=O)c2ccc(CCNC(=O)CC3CCCCC3)cc2)cnc1C(=O)O. The summed E-state index contributed by atoms with van der Waals surface area (Å²) < 4.78 is 27.8. The zero-order valence-electron chi connectivity index (χ0n) is 23.4. The van der Waals surface area contributed by atoms with Crippen molar-refractivity contribution in [2.45, 2.75) is 89.4 Å². The van der Waals surface area contributed by atoms with Gasteiger partial charge >= 0.3 is 5.97 Å². The van der Waals surface area contributed by atoms with Crippen molar-refractivity contribution in [1.82, 2.24) is 15.0 Å². The molecule has 0 spiro atoms. The van der Waals surface area contributed by atoms with Crippen LogP contribution in [0, 0.1) is 11.8 Å². The van der Waals surface area contributed by atoms with Gasteiger partial charge in [-0.05, 0) is 66.8 Å². The fraction of sp³-hybridized carbons (Fsp3) is 0.533. The molecule has 0 saturated heterocycles. The number of benzene rings is 1. The lowest BCUT2D eigenvalue weighted by Crippen LogP contribution is -2.31. The molecule has 3 rings (SSSR count). The molecule has 1 aliphatic carbocycles. The van der Waals surface area contributed by atoms with Gasteiger partial charge in [0, 0.05) is 19.2 Å². The second kappa shape index (κ2) is 14.9. The lowest BCUT2D eigenvalue weighted by atomic mass is 9.87. The fourth-order valence-corrected chi connectivity index (χ4v) is 6.13. The number of carbonyl (C=O) groups is 3. The molecule has 1 unspecified atom stereocenters. The quantitative estimate of drug-likeness (QED) is 0.293. The molecule has 1 heterocycles. The van der Waals surface area contributed by atoms with E-state index in [9.17, 15) is 27.9 Å². The number of aromatic carboxylic acids is 1. The molecule has 40 heavy (non-hydrogen) atoms. The van der Waals surface area contributed by atoms with Crippen molar-refractivity contribution < 1.29 is 27.9 Å². The summed E-state index contributed by atoms with van der Waals surface area (Å²) in [5.74, 6) is -1.36. The van der Waals surface area contributed by atoms with E-state index in [1.54, 1.807) is 12.1 Å². The van der Waals surface area contributed by atoms with Crippen LogP contribution in [0.25, 0.3) is 0 Å². The molecule has 2 amide bonds. The molecule has 0 radical (unpaired) electrons. The van der Waals surface area contributed by atoms with Crippen molar-refractivity contribution in [3.63, 3.8) is 0 Å². The van der Waals surface area contributed by atoms with Crippen molar-refractivity contribution in [3.8, 4) is 0 Å². The van der Waals surface area contributed by atoms with Crippen LogP contribution in [0.5, 0.6) is 0 Å². The van der Waals surface area contributed by atoms with Gasteiger partial charge in [-0.2, -0.15) is 0 Å². The second-order valence-electron chi connectivity index (χ2n) is 10.9. The monoisotopic (exact) mass is 571 g/mol. The zero-order valence-corrected chi connectivity index (χ0v) is 24.3. The number of carbonyl (C=O) groups excluding carboxylic acids is 2. The first-order chi connectivity index (χ1) is 19.1. The van der Waals surface area contributed by atoms with Gasteiger partial charge in [0.05, 0.1) is 10.5 Å². The minimum atomic E-state index is -4.16. The largest absolute Gasteiger partial charge is 0.477 e. The van der Waals surface area contributed by atoms with E-state index in [1.165, 1.54) is 37.5 Å².